The molecule has 4 rings (SSSR count). The topological polar surface area (TPSA) is 69.4 Å². The predicted octanol–water partition coefficient (Wildman–Crippen LogP) is 4.24. The predicted molar refractivity (Wildman–Crippen MR) is 101 cm³/mol. The van der Waals surface area contributed by atoms with E-state index < -0.39 is 0 Å². The number of ether oxygens (including phenoxy) is 2. The molecule has 1 aromatic carbocycles. The van der Waals surface area contributed by atoms with Crippen LogP contribution in [0.2, 0.25) is 0 Å². The Morgan fingerprint density at radius 2 is 2.15 bits per heavy atom. The van der Waals surface area contributed by atoms with E-state index >= 15 is 0 Å². The monoisotopic (exact) mass is 365 g/mol. The molecule has 1 saturated heterocycles. The van der Waals surface area contributed by atoms with E-state index in [1.54, 1.807) is 18.5 Å². The fraction of sp³-hybridized carbons (Fsp3) is 0.333. The number of benzene rings is 1. The highest BCUT2D eigenvalue weighted by Crippen LogP contribution is 2.28. The Kier molecular flexibility index (Phi) is 5.07. The number of hydrogen-bond acceptors (Lipinski definition) is 5. The maximum Gasteiger partial charge on any atom is 0.150 e. The molecule has 0 radical (unpaired) electrons. The molecule has 27 heavy (non-hydrogen) atoms. The van der Waals surface area contributed by atoms with Crippen molar-refractivity contribution in [1.82, 2.24) is 14.8 Å². The number of rotatable bonds is 5. The molecule has 0 aliphatic carbocycles. The molecule has 1 fully saturated rings. The van der Waals surface area contributed by atoms with E-state index in [2.05, 4.69) is 10.1 Å². The third-order valence-corrected chi connectivity index (χ3v) is 4.78. The van der Waals surface area contributed by atoms with E-state index in [0.717, 1.165) is 48.4 Å². The maximum atomic E-state index is 9.79. The van der Waals surface area contributed by atoms with E-state index in [1.807, 2.05) is 41.9 Å². The Labute approximate surface area is 158 Å². The van der Waals surface area contributed by atoms with Gasteiger partial charge in [-0.1, -0.05) is 12.1 Å². The fourth-order valence-electron chi connectivity index (χ4n) is 3.19. The van der Waals surface area contributed by atoms with Crippen molar-refractivity contribution in [3.8, 4) is 22.9 Å². The SMILES string of the molecule is Cc1ccc(COc2ccc(-c3ccnn3C3CCCCO3)nc2)cc1O. The molecule has 140 valence electrons. The van der Waals surface area contributed by atoms with Crippen molar-refractivity contribution in [2.45, 2.75) is 39.0 Å². The summed E-state index contributed by atoms with van der Waals surface area (Å²) in [5, 5.41) is 14.2. The number of nitrogens with zero attached hydrogens (tertiary/aromatic N) is 3. The second kappa shape index (κ2) is 7.80. The van der Waals surface area contributed by atoms with Crippen LogP contribution in [-0.2, 0) is 11.3 Å². The van der Waals surface area contributed by atoms with Gasteiger partial charge in [-0.05, 0) is 61.6 Å². The Morgan fingerprint density at radius 3 is 2.89 bits per heavy atom. The quantitative estimate of drug-likeness (QED) is 0.732. The normalized spacial score (nSPS) is 17.0. The van der Waals surface area contributed by atoms with Gasteiger partial charge in [0.25, 0.3) is 0 Å². The lowest BCUT2D eigenvalue weighted by Gasteiger charge is -2.24. The zero-order valence-electron chi connectivity index (χ0n) is 15.3. The van der Waals surface area contributed by atoms with Gasteiger partial charge in [0.15, 0.2) is 6.23 Å². The molecule has 2 aromatic heterocycles. The number of phenolic OH excluding ortho intramolecular Hbond substituents is 1. The van der Waals surface area contributed by atoms with Gasteiger partial charge in [-0.3, -0.25) is 4.98 Å². The van der Waals surface area contributed by atoms with Gasteiger partial charge >= 0.3 is 0 Å². The van der Waals surface area contributed by atoms with Gasteiger partial charge in [0.2, 0.25) is 0 Å². The van der Waals surface area contributed by atoms with Gasteiger partial charge in [-0.2, -0.15) is 5.10 Å². The first-order valence-corrected chi connectivity index (χ1v) is 9.23. The van der Waals surface area contributed by atoms with Crippen LogP contribution in [0, 0.1) is 6.92 Å². The summed E-state index contributed by atoms with van der Waals surface area (Å²) in [4.78, 5) is 4.53. The van der Waals surface area contributed by atoms with Crippen LogP contribution in [0.15, 0.2) is 48.8 Å². The second-order valence-electron chi connectivity index (χ2n) is 6.77. The lowest BCUT2D eigenvalue weighted by molar-refractivity contribution is -0.0384. The average Bonchev–Trinajstić information content (AvgIpc) is 3.20. The van der Waals surface area contributed by atoms with Crippen molar-refractivity contribution in [3.63, 3.8) is 0 Å². The number of pyridine rings is 1. The van der Waals surface area contributed by atoms with E-state index in [-0.39, 0.29) is 12.0 Å². The molecule has 1 N–H and O–H groups in total. The highest BCUT2D eigenvalue weighted by Gasteiger charge is 2.20. The molecule has 1 atom stereocenters. The number of aromatic nitrogens is 3. The smallest absolute Gasteiger partial charge is 0.150 e. The summed E-state index contributed by atoms with van der Waals surface area (Å²) < 4.78 is 13.5. The van der Waals surface area contributed by atoms with Gasteiger partial charge in [0, 0.05) is 12.8 Å². The van der Waals surface area contributed by atoms with Crippen LogP contribution >= 0.6 is 0 Å². The van der Waals surface area contributed by atoms with Crippen molar-refractivity contribution in [3.05, 3.63) is 59.9 Å². The fourth-order valence-corrected chi connectivity index (χ4v) is 3.19. The van der Waals surface area contributed by atoms with Crippen LogP contribution < -0.4 is 4.74 Å². The van der Waals surface area contributed by atoms with Crippen molar-refractivity contribution in [2.75, 3.05) is 6.61 Å². The molecule has 0 bridgehead atoms. The van der Waals surface area contributed by atoms with Crippen molar-refractivity contribution in [2.24, 2.45) is 0 Å². The number of hydrogen-bond donors (Lipinski definition) is 1. The molecule has 0 amide bonds. The Hall–Kier alpha value is -2.86. The average molecular weight is 365 g/mol. The molecule has 6 heteroatoms. The summed E-state index contributed by atoms with van der Waals surface area (Å²) in [6, 6.07) is 11.3. The molecule has 3 heterocycles. The van der Waals surface area contributed by atoms with Crippen LogP contribution in [0.25, 0.3) is 11.4 Å². The summed E-state index contributed by atoms with van der Waals surface area (Å²) in [5.74, 6) is 0.960. The van der Waals surface area contributed by atoms with Crippen LogP contribution in [-0.4, -0.2) is 26.5 Å². The minimum Gasteiger partial charge on any atom is -0.508 e. The van der Waals surface area contributed by atoms with Gasteiger partial charge in [0.05, 0.1) is 17.6 Å². The second-order valence-corrected chi connectivity index (χ2v) is 6.77. The van der Waals surface area contributed by atoms with Gasteiger partial charge in [-0.15, -0.1) is 0 Å². The molecular weight excluding hydrogens is 342 g/mol. The van der Waals surface area contributed by atoms with Crippen molar-refractivity contribution >= 4 is 0 Å². The maximum absolute atomic E-state index is 9.79. The molecule has 6 nitrogen and oxygen atoms in total. The van der Waals surface area contributed by atoms with Crippen molar-refractivity contribution in [1.29, 1.82) is 0 Å². The summed E-state index contributed by atoms with van der Waals surface area (Å²) in [7, 11) is 0. The highest BCUT2D eigenvalue weighted by molar-refractivity contribution is 5.54. The third-order valence-electron chi connectivity index (χ3n) is 4.78. The zero-order valence-corrected chi connectivity index (χ0v) is 15.3. The molecule has 0 saturated carbocycles. The summed E-state index contributed by atoms with van der Waals surface area (Å²) in [6.45, 7) is 3.02. The number of aromatic hydroxyl groups is 1. The van der Waals surface area contributed by atoms with Crippen LogP contribution in [0.4, 0.5) is 0 Å². The van der Waals surface area contributed by atoms with Crippen LogP contribution in [0.3, 0.4) is 0 Å². The Morgan fingerprint density at radius 1 is 1.22 bits per heavy atom. The molecule has 1 unspecified atom stereocenters. The molecule has 3 aromatic rings. The van der Waals surface area contributed by atoms with Crippen molar-refractivity contribution < 1.29 is 14.6 Å². The van der Waals surface area contributed by atoms with Gasteiger partial charge in [-0.25, -0.2) is 4.68 Å². The Bertz CT molecular complexity index is 899. The summed E-state index contributed by atoms with van der Waals surface area (Å²) in [5.41, 5.74) is 3.54. The first-order valence-electron chi connectivity index (χ1n) is 9.23. The van der Waals surface area contributed by atoms with Gasteiger partial charge in [0.1, 0.15) is 18.1 Å². The number of aryl methyl sites for hydroxylation is 1. The van der Waals surface area contributed by atoms with Gasteiger partial charge < -0.3 is 14.6 Å². The van der Waals surface area contributed by atoms with Crippen LogP contribution in [0.1, 0.15) is 36.6 Å². The number of phenols is 1. The minimum absolute atomic E-state index is 0.0179. The van der Waals surface area contributed by atoms with E-state index in [1.165, 1.54) is 0 Å². The van der Waals surface area contributed by atoms with E-state index in [4.69, 9.17) is 9.47 Å². The lowest BCUT2D eigenvalue weighted by Crippen LogP contribution is -2.20. The molecule has 1 aliphatic rings. The van der Waals surface area contributed by atoms with Crippen LogP contribution in [0.5, 0.6) is 11.5 Å². The standard InChI is InChI=1S/C21H23N3O3/c1-15-5-6-16(12-20(15)25)14-27-17-7-8-18(22-13-17)19-9-10-23-24(19)21-4-2-3-11-26-21/h5-10,12-13,21,25H,2-4,11,14H2,1H3. The summed E-state index contributed by atoms with van der Waals surface area (Å²) in [6.07, 6.45) is 6.70. The zero-order chi connectivity index (χ0) is 18.6. The molecular formula is C21H23N3O3. The molecule has 1 aliphatic heterocycles. The molecule has 0 spiro atoms. The van der Waals surface area contributed by atoms with E-state index in [9.17, 15) is 5.11 Å². The summed E-state index contributed by atoms with van der Waals surface area (Å²) >= 11 is 0. The first-order chi connectivity index (χ1) is 13.2. The lowest BCUT2D eigenvalue weighted by atomic mass is 10.1. The largest absolute Gasteiger partial charge is 0.508 e. The highest BCUT2D eigenvalue weighted by atomic mass is 16.5. The minimum atomic E-state index is -0.0179. The van der Waals surface area contributed by atoms with E-state index in [0.29, 0.717) is 12.4 Å². The third kappa shape index (κ3) is 3.95. The first kappa shape index (κ1) is 17.5. The Balaban J connectivity index is 1.45.